The highest BCUT2D eigenvalue weighted by Crippen LogP contribution is 2.49. The number of aliphatic hydroxyl groups excluding tert-OH is 1. The first kappa shape index (κ1) is 12.4. The van der Waals surface area contributed by atoms with Gasteiger partial charge in [0.1, 0.15) is 0 Å². The summed E-state index contributed by atoms with van der Waals surface area (Å²) in [5.74, 6) is 0.664. The van der Waals surface area contributed by atoms with Gasteiger partial charge in [0.2, 0.25) is 0 Å². The summed E-state index contributed by atoms with van der Waals surface area (Å²) in [6.45, 7) is 2.80. The number of aliphatic hydroxyl groups is 1. The number of hydroxylamine groups is 2. The van der Waals surface area contributed by atoms with Crippen LogP contribution in [0, 0.1) is 11.3 Å². The highest BCUT2D eigenvalue weighted by Gasteiger charge is 2.52. The summed E-state index contributed by atoms with van der Waals surface area (Å²) in [6.07, 6.45) is 4.38. The van der Waals surface area contributed by atoms with Gasteiger partial charge >= 0.3 is 0 Å². The molecule has 1 aliphatic carbocycles. The van der Waals surface area contributed by atoms with Crippen molar-refractivity contribution in [3.63, 3.8) is 0 Å². The van der Waals surface area contributed by atoms with Gasteiger partial charge in [0.15, 0.2) is 0 Å². The summed E-state index contributed by atoms with van der Waals surface area (Å²) < 4.78 is 0. The first-order valence-electron chi connectivity index (χ1n) is 6.90. The van der Waals surface area contributed by atoms with Crippen LogP contribution in [0.3, 0.4) is 0 Å². The molecule has 1 unspecified atom stereocenters. The van der Waals surface area contributed by atoms with E-state index >= 15 is 0 Å². The lowest BCUT2D eigenvalue weighted by Gasteiger charge is -2.27. The molecule has 1 saturated carbocycles. The van der Waals surface area contributed by atoms with Gasteiger partial charge in [-0.1, -0.05) is 6.42 Å². The minimum absolute atomic E-state index is 0.0287. The van der Waals surface area contributed by atoms with E-state index in [9.17, 15) is 9.90 Å². The molecule has 18 heavy (non-hydrogen) atoms. The summed E-state index contributed by atoms with van der Waals surface area (Å²) >= 11 is 0. The largest absolute Gasteiger partial charge is 0.396 e. The third-order valence-corrected chi connectivity index (χ3v) is 5.18. The molecule has 102 valence electrons. The van der Waals surface area contributed by atoms with Crippen molar-refractivity contribution in [1.82, 2.24) is 9.96 Å². The summed E-state index contributed by atoms with van der Waals surface area (Å²) in [5, 5.41) is 11.2. The molecule has 2 heterocycles. The molecule has 0 bridgehead atoms. The molecule has 0 aromatic heterocycles. The molecule has 1 N–H and O–H groups in total. The van der Waals surface area contributed by atoms with E-state index in [-0.39, 0.29) is 24.0 Å². The van der Waals surface area contributed by atoms with Crippen molar-refractivity contribution < 1.29 is 14.7 Å². The Morgan fingerprint density at radius 1 is 1.50 bits per heavy atom. The minimum atomic E-state index is -0.0287. The van der Waals surface area contributed by atoms with Crippen LogP contribution in [0.4, 0.5) is 0 Å². The first-order chi connectivity index (χ1) is 8.70. The Hall–Kier alpha value is -0.650. The van der Waals surface area contributed by atoms with Gasteiger partial charge in [0, 0.05) is 18.5 Å². The quantitative estimate of drug-likeness (QED) is 0.784. The predicted molar refractivity (Wildman–Crippen MR) is 65.6 cm³/mol. The Balaban J connectivity index is 1.71. The number of hydrogen-bond donors (Lipinski definition) is 1. The Kier molecular flexibility index (Phi) is 3.08. The lowest BCUT2D eigenvalue weighted by atomic mass is 9.82. The summed E-state index contributed by atoms with van der Waals surface area (Å²) in [6, 6.07) is -0.0287. The van der Waals surface area contributed by atoms with E-state index in [1.807, 2.05) is 0 Å². The Labute approximate surface area is 108 Å². The number of carbonyl (C=O) groups is 1. The summed E-state index contributed by atoms with van der Waals surface area (Å²) in [4.78, 5) is 19.5. The average molecular weight is 254 g/mol. The van der Waals surface area contributed by atoms with Crippen LogP contribution in [-0.4, -0.2) is 60.4 Å². The number of hydrogen-bond acceptors (Lipinski definition) is 4. The van der Waals surface area contributed by atoms with Crippen LogP contribution >= 0.6 is 0 Å². The average Bonchev–Trinajstić information content (AvgIpc) is 3.00. The zero-order chi connectivity index (χ0) is 12.8. The van der Waals surface area contributed by atoms with Crippen LogP contribution in [0.25, 0.3) is 0 Å². The van der Waals surface area contributed by atoms with Gasteiger partial charge < -0.3 is 5.11 Å². The maximum Gasteiger partial charge on any atom is 0.263 e. The Bertz CT molecular complexity index is 349. The Morgan fingerprint density at radius 2 is 2.33 bits per heavy atom. The van der Waals surface area contributed by atoms with Gasteiger partial charge in [0.25, 0.3) is 5.91 Å². The van der Waals surface area contributed by atoms with Crippen molar-refractivity contribution in [2.75, 3.05) is 33.4 Å². The molecule has 0 radical (unpaired) electrons. The molecule has 3 fully saturated rings. The van der Waals surface area contributed by atoms with Crippen molar-refractivity contribution in [3.05, 3.63) is 0 Å². The molecule has 0 aromatic carbocycles. The van der Waals surface area contributed by atoms with E-state index in [1.54, 1.807) is 7.11 Å². The molecular weight excluding hydrogens is 232 g/mol. The molecule has 2 aliphatic heterocycles. The first-order valence-corrected chi connectivity index (χ1v) is 6.90. The van der Waals surface area contributed by atoms with Gasteiger partial charge in [-0.15, -0.1) is 0 Å². The number of nitrogens with zero attached hydrogens (tertiary/aromatic N) is 2. The van der Waals surface area contributed by atoms with E-state index in [1.165, 1.54) is 17.9 Å². The standard InChI is InChI=1S/C13H22N2O3/c1-18-15-6-4-11(12(15)17)14-7-10-3-2-5-13(10,8-14)9-16/h10-11,16H,2-9H2,1H3/t10-,11?,13+/m0/s1. The van der Waals surface area contributed by atoms with Crippen molar-refractivity contribution in [3.8, 4) is 0 Å². The molecular formula is C13H22N2O3. The van der Waals surface area contributed by atoms with Crippen LogP contribution in [0.15, 0.2) is 0 Å². The molecule has 3 aliphatic rings. The van der Waals surface area contributed by atoms with Gasteiger partial charge in [-0.25, -0.2) is 5.06 Å². The summed E-state index contributed by atoms with van der Waals surface area (Å²) in [7, 11) is 1.55. The molecule has 2 saturated heterocycles. The zero-order valence-electron chi connectivity index (χ0n) is 11.0. The second-order valence-electron chi connectivity index (χ2n) is 5.97. The van der Waals surface area contributed by atoms with E-state index < -0.39 is 0 Å². The lowest BCUT2D eigenvalue weighted by molar-refractivity contribution is -0.170. The predicted octanol–water partition coefficient (Wildman–Crippen LogP) is 0.243. The number of amides is 1. The molecule has 5 nitrogen and oxygen atoms in total. The molecule has 3 atom stereocenters. The third-order valence-electron chi connectivity index (χ3n) is 5.18. The van der Waals surface area contributed by atoms with Crippen LogP contribution in [-0.2, 0) is 9.63 Å². The normalized spacial score (nSPS) is 40.8. The van der Waals surface area contributed by atoms with Crippen molar-refractivity contribution in [2.24, 2.45) is 11.3 Å². The van der Waals surface area contributed by atoms with Crippen molar-refractivity contribution >= 4 is 5.91 Å². The van der Waals surface area contributed by atoms with Gasteiger partial charge in [-0.2, -0.15) is 0 Å². The van der Waals surface area contributed by atoms with Gasteiger partial charge in [-0.05, 0) is 25.2 Å². The minimum Gasteiger partial charge on any atom is -0.396 e. The van der Waals surface area contributed by atoms with Crippen LogP contribution < -0.4 is 0 Å². The number of rotatable bonds is 3. The van der Waals surface area contributed by atoms with Crippen molar-refractivity contribution in [2.45, 2.75) is 31.7 Å². The van der Waals surface area contributed by atoms with E-state index in [0.717, 1.165) is 25.9 Å². The van der Waals surface area contributed by atoms with Gasteiger partial charge in [-0.3, -0.25) is 14.5 Å². The fourth-order valence-corrected chi connectivity index (χ4v) is 4.11. The topological polar surface area (TPSA) is 53.0 Å². The van der Waals surface area contributed by atoms with Gasteiger partial charge in [0.05, 0.1) is 26.3 Å². The monoisotopic (exact) mass is 254 g/mol. The van der Waals surface area contributed by atoms with Crippen molar-refractivity contribution in [1.29, 1.82) is 0 Å². The second-order valence-corrected chi connectivity index (χ2v) is 5.97. The smallest absolute Gasteiger partial charge is 0.263 e. The zero-order valence-corrected chi connectivity index (χ0v) is 11.0. The molecule has 5 heteroatoms. The summed E-state index contributed by atoms with van der Waals surface area (Å²) in [5.41, 5.74) is 0.0702. The SMILES string of the molecule is CON1CCC(N2C[C@@H]3CCC[C@]3(CO)C2)C1=O. The molecule has 1 amide bonds. The molecule has 3 rings (SSSR count). The van der Waals surface area contributed by atoms with Crippen LogP contribution in [0.5, 0.6) is 0 Å². The fourth-order valence-electron chi connectivity index (χ4n) is 4.11. The number of carbonyl (C=O) groups excluding carboxylic acids is 1. The highest BCUT2D eigenvalue weighted by molar-refractivity contribution is 5.83. The van der Waals surface area contributed by atoms with E-state index in [0.29, 0.717) is 12.5 Å². The van der Waals surface area contributed by atoms with Crippen LogP contribution in [0.2, 0.25) is 0 Å². The van der Waals surface area contributed by atoms with E-state index in [2.05, 4.69) is 4.90 Å². The fraction of sp³-hybridized carbons (Fsp3) is 0.923. The maximum absolute atomic E-state index is 12.1. The third kappa shape index (κ3) is 1.68. The van der Waals surface area contributed by atoms with Crippen LogP contribution in [0.1, 0.15) is 25.7 Å². The van der Waals surface area contributed by atoms with E-state index in [4.69, 9.17) is 4.84 Å². The highest BCUT2D eigenvalue weighted by atomic mass is 16.7. The maximum atomic E-state index is 12.1. The molecule has 0 aromatic rings. The second kappa shape index (κ2) is 4.47. The number of fused-ring (bicyclic) bond motifs is 1. The molecule has 0 spiro atoms. The number of likely N-dealkylation sites (tertiary alicyclic amines) is 1. The lowest BCUT2D eigenvalue weighted by Crippen LogP contribution is -2.42. The Morgan fingerprint density at radius 3 is 2.94 bits per heavy atom.